The van der Waals surface area contributed by atoms with E-state index in [0.29, 0.717) is 17.7 Å². The molecular formula is C15H16FNO3S. The van der Waals surface area contributed by atoms with Crippen LogP contribution in [-0.4, -0.2) is 20.1 Å². The molecule has 2 rings (SSSR count). The molecule has 0 amide bonds. The van der Waals surface area contributed by atoms with Gasteiger partial charge in [0.05, 0.1) is 4.90 Å². The molecule has 21 heavy (non-hydrogen) atoms. The average Bonchev–Trinajstić information content (AvgIpc) is 2.40. The molecule has 0 atom stereocenters. The van der Waals surface area contributed by atoms with Gasteiger partial charge in [-0.25, -0.2) is 12.8 Å². The zero-order chi connectivity index (χ0) is 15.5. The second kappa shape index (κ2) is 6.24. The van der Waals surface area contributed by atoms with Crippen molar-refractivity contribution in [3.05, 3.63) is 59.4 Å². The number of aliphatic hydroxyl groups excluding tert-OH is 1. The molecular weight excluding hydrogens is 293 g/mol. The Morgan fingerprint density at radius 2 is 1.81 bits per heavy atom. The Labute approximate surface area is 123 Å². The highest BCUT2D eigenvalue weighted by Crippen LogP contribution is 2.20. The standard InChI is InChI=1S/C15H16FNO3S/c1-11-10-13(16)4-7-15(11)21(19,20)17-14-5-2-12(3-6-14)8-9-18/h2-7,10,17-18H,8-9H2,1H3. The fourth-order valence-corrected chi connectivity index (χ4v) is 3.28. The number of benzene rings is 2. The van der Waals surface area contributed by atoms with Gasteiger partial charge >= 0.3 is 0 Å². The fraction of sp³-hybridized carbons (Fsp3) is 0.200. The summed E-state index contributed by atoms with van der Waals surface area (Å²) in [4.78, 5) is 0.0448. The summed E-state index contributed by atoms with van der Waals surface area (Å²) in [5.74, 6) is -0.472. The summed E-state index contributed by atoms with van der Waals surface area (Å²) in [6.07, 6.45) is 0.518. The highest BCUT2D eigenvalue weighted by molar-refractivity contribution is 7.92. The molecule has 0 aliphatic heterocycles. The summed E-state index contributed by atoms with van der Waals surface area (Å²) < 4.78 is 40.0. The fourth-order valence-electron chi connectivity index (χ4n) is 1.99. The van der Waals surface area contributed by atoms with E-state index in [4.69, 9.17) is 5.11 Å². The normalized spacial score (nSPS) is 11.4. The van der Waals surface area contributed by atoms with Crippen molar-refractivity contribution < 1.29 is 17.9 Å². The molecule has 2 N–H and O–H groups in total. The summed E-state index contributed by atoms with van der Waals surface area (Å²) in [7, 11) is -3.75. The first-order valence-electron chi connectivity index (χ1n) is 6.41. The number of aliphatic hydroxyl groups is 1. The van der Waals surface area contributed by atoms with Crippen LogP contribution in [0.15, 0.2) is 47.4 Å². The summed E-state index contributed by atoms with van der Waals surface area (Å²) in [5.41, 5.74) is 1.68. The molecule has 0 unspecified atom stereocenters. The van der Waals surface area contributed by atoms with Gasteiger partial charge in [0.15, 0.2) is 0 Å². The van der Waals surface area contributed by atoms with Crippen molar-refractivity contribution >= 4 is 15.7 Å². The average molecular weight is 309 g/mol. The SMILES string of the molecule is Cc1cc(F)ccc1S(=O)(=O)Nc1ccc(CCO)cc1. The molecule has 0 fully saturated rings. The van der Waals surface area contributed by atoms with E-state index in [-0.39, 0.29) is 11.5 Å². The first-order chi connectivity index (χ1) is 9.92. The minimum atomic E-state index is -3.75. The molecule has 2 aromatic rings. The van der Waals surface area contributed by atoms with Crippen molar-refractivity contribution in [2.45, 2.75) is 18.2 Å². The Bertz CT molecular complexity index is 727. The second-order valence-corrected chi connectivity index (χ2v) is 6.34. The number of anilines is 1. The van der Waals surface area contributed by atoms with E-state index in [1.165, 1.54) is 12.1 Å². The van der Waals surface area contributed by atoms with Crippen LogP contribution in [0.3, 0.4) is 0 Å². The lowest BCUT2D eigenvalue weighted by Gasteiger charge is -2.11. The van der Waals surface area contributed by atoms with Crippen LogP contribution in [0.1, 0.15) is 11.1 Å². The maximum Gasteiger partial charge on any atom is 0.262 e. The van der Waals surface area contributed by atoms with E-state index in [1.807, 2.05) is 0 Å². The summed E-state index contributed by atoms with van der Waals surface area (Å²) in [6, 6.07) is 10.3. The minimum Gasteiger partial charge on any atom is -0.396 e. The lowest BCUT2D eigenvalue weighted by molar-refractivity contribution is 0.299. The van der Waals surface area contributed by atoms with Crippen LogP contribution in [0.4, 0.5) is 10.1 Å². The van der Waals surface area contributed by atoms with E-state index in [0.717, 1.165) is 11.6 Å². The van der Waals surface area contributed by atoms with E-state index >= 15 is 0 Å². The minimum absolute atomic E-state index is 0.0415. The molecule has 0 bridgehead atoms. The predicted octanol–water partition coefficient (Wildman–Crippen LogP) is 2.47. The smallest absolute Gasteiger partial charge is 0.262 e. The Morgan fingerprint density at radius 1 is 1.14 bits per heavy atom. The van der Waals surface area contributed by atoms with Crippen LogP contribution in [0.5, 0.6) is 0 Å². The Balaban J connectivity index is 2.24. The third-order valence-electron chi connectivity index (χ3n) is 3.03. The van der Waals surface area contributed by atoms with Crippen molar-refractivity contribution in [2.24, 2.45) is 0 Å². The zero-order valence-corrected chi connectivity index (χ0v) is 12.3. The predicted molar refractivity (Wildman–Crippen MR) is 79.2 cm³/mol. The summed E-state index contributed by atoms with van der Waals surface area (Å²) in [5, 5.41) is 8.83. The molecule has 0 saturated carbocycles. The van der Waals surface area contributed by atoms with Gasteiger partial charge in [-0.15, -0.1) is 0 Å². The van der Waals surface area contributed by atoms with E-state index < -0.39 is 15.8 Å². The van der Waals surface area contributed by atoms with Gasteiger partial charge in [0.2, 0.25) is 0 Å². The number of nitrogens with one attached hydrogen (secondary N) is 1. The Morgan fingerprint density at radius 3 is 2.38 bits per heavy atom. The molecule has 0 aliphatic carbocycles. The van der Waals surface area contributed by atoms with Gasteiger partial charge in [-0.05, 0) is 54.8 Å². The van der Waals surface area contributed by atoms with Crippen LogP contribution in [0.2, 0.25) is 0 Å². The highest BCUT2D eigenvalue weighted by atomic mass is 32.2. The number of hydrogen-bond donors (Lipinski definition) is 2. The quantitative estimate of drug-likeness (QED) is 0.891. The van der Waals surface area contributed by atoms with Crippen LogP contribution in [-0.2, 0) is 16.4 Å². The van der Waals surface area contributed by atoms with Crippen LogP contribution in [0.25, 0.3) is 0 Å². The van der Waals surface area contributed by atoms with Gasteiger partial charge in [-0.1, -0.05) is 12.1 Å². The molecule has 0 heterocycles. The molecule has 0 spiro atoms. The molecule has 0 aliphatic rings. The first kappa shape index (κ1) is 15.5. The van der Waals surface area contributed by atoms with Crippen LogP contribution < -0.4 is 4.72 Å². The molecule has 0 saturated heterocycles. The van der Waals surface area contributed by atoms with Gasteiger partial charge in [0.25, 0.3) is 10.0 Å². The largest absolute Gasteiger partial charge is 0.396 e. The second-order valence-electron chi connectivity index (χ2n) is 4.69. The van der Waals surface area contributed by atoms with Gasteiger partial charge in [0, 0.05) is 12.3 Å². The molecule has 6 heteroatoms. The van der Waals surface area contributed by atoms with Crippen molar-refractivity contribution in [1.29, 1.82) is 0 Å². The summed E-state index contributed by atoms with van der Waals surface area (Å²) in [6.45, 7) is 1.59. The van der Waals surface area contributed by atoms with Crippen molar-refractivity contribution in [2.75, 3.05) is 11.3 Å². The van der Waals surface area contributed by atoms with Gasteiger partial charge in [-0.2, -0.15) is 0 Å². The van der Waals surface area contributed by atoms with E-state index in [2.05, 4.69) is 4.72 Å². The Kier molecular flexibility index (Phi) is 4.59. The van der Waals surface area contributed by atoms with Gasteiger partial charge < -0.3 is 5.11 Å². The lowest BCUT2D eigenvalue weighted by atomic mass is 10.1. The van der Waals surface area contributed by atoms with E-state index in [1.54, 1.807) is 31.2 Å². The molecule has 112 valence electrons. The maximum absolute atomic E-state index is 13.0. The number of aryl methyl sites for hydroxylation is 1. The van der Waals surface area contributed by atoms with Gasteiger partial charge in [0.1, 0.15) is 5.82 Å². The number of halogens is 1. The molecule has 4 nitrogen and oxygen atoms in total. The van der Waals surface area contributed by atoms with E-state index in [9.17, 15) is 12.8 Å². The van der Waals surface area contributed by atoms with Crippen molar-refractivity contribution in [1.82, 2.24) is 0 Å². The third-order valence-corrected chi connectivity index (χ3v) is 4.57. The third kappa shape index (κ3) is 3.80. The monoisotopic (exact) mass is 309 g/mol. The summed E-state index contributed by atoms with van der Waals surface area (Å²) >= 11 is 0. The maximum atomic E-state index is 13.0. The first-order valence-corrected chi connectivity index (χ1v) is 7.89. The number of sulfonamides is 1. The van der Waals surface area contributed by atoms with Crippen LogP contribution >= 0.6 is 0 Å². The van der Waals surface area contributed by atoms with Crippen molar-refractivity contribution in [3.63, 3.8) is 0 Å². The lowest BCUT2D eigenvalue weighted by Crippen LogP contribution is -2.14. The zero-order valence-electron chi connectivity index (χ0n) is 11.5. The topological polar surface area (TPSA) is 66.4 Å². The van der Waals surface area contributed by atoms with Crippen LogP contribution in [0, 0.1) is 12.7 Å². The van der Waals surface area contributed by atoms with Crippen molar-refractivity contribution in [3.8, 4) is 0 Å². The molecule has 2 aromatic carbocycles. The Hall–Kier alpha value is -1.92. The number of hydrogen-bond acceptors (Lipinski definition) is 3. The highest BCUT2D eigenvalue weighted by Gasteiger charge is 2.17. The number of rotatable bonds is 5. The van der Waals surface area contributed by atoms with Gasteiger partial charge in [-0.3, -0.25) is 4.72 Å². The molecule has 0 aromatic heterocycles. The molecule has 0 radical (unpaired) electrons.